The van der Waals surface area contributed by atoms with Crippen LogP contribution >= 0.6 is 23.2 Å². The fraction of sp³-hybridized carbons (Fsp3) is 0.455. The molecule has 0 radical (unpaired) electrons. The molecule has 0 aliphatic heterocycles. The molecule has 0 aromatic heterocycles. The van der Waals surface area contributed by atoms with Crippen LogP contribution in [0.2, 0.25) is 10.0 Å². The Morgan fingerprint density at radius 1 is 1.22 bits per heavy atom. The summed E-state index contributed by atoms with van der Waals surface area (Å²) in [6.45, 7) is 4.29. The lowest BCUT2D eigenvalue weighted by molar-refractivity contribution is 0.395. The van der Waals surface area contributed by atoms with E-state index in [-0.39, 0.29) is 20.7 Å². The summed E-state index contributed by atoms with van der Waals surface area (Å²) in [7, 11) is -2.26. The van der Waals surface area contributed by atoms with Gasteiger partial charge in [-0.2, -0.15) is 4.31 Å². The van der Waals surface area contributed by atoms with Crippen LogP contribution in [-0.2, 0) is 10.0 Å². The first-order valence-electron chi connectivity index (χ1n) is 5.42. The molecule has 0 N–H and O–H groups in total. The Morgan fingerprint density at radius 3 is 2.22 bits per heavy atom. The largest absolute Gasteiger partial charge is 0.494 e. The van der Waals surface area contributed by atoms with Gasteiger partial charge in [0.1, 0.15) is 9.92 Å². The molecule has 0 bridgehead atoms. The molecule has 0 atom stereocenters. The summed E-state index contributed by atoms with van der Waals surface area (Å²) in [5, 5.41) is 0.361. The van der Waals surface area contributed by atoms with Crippen LogP contribution in [0.1, 0.15) is 13.8 Å². The molecule has 0 heterocycles. The van der Waals surface area contributed by atoms with Crippen LogP contribution in [0.3, 0.4) is 0 Å². The van der Waals surface area contributed by atoms with Gasteiger partial charge in [-0.1, -0.05) is 37.0 Å². The van der Waals surface area contributed by atoms with Crippen molar-refractivity contribution in [2.24, 2.45) is 0 Å². The van der Waals surface area contributed by atoms with Gasteiger partial charge in [0.15, 0.2) is 5.75 Å². The highest BCUT2D eigenvalue weighted by Crippen LogP contribution is 2.38. The predicted molar refractivity (Wildman–Crippen MR) is 73.1 cm³/mol. The van der Waals surface area contributed by atoms with Crippen molar-refractivity contribution >= 4 is 33.2 Å². The lowest BCUT2D eigenvalue weighted by Crippen LogP contribution is -2.30. The van der Waals surface area contributed by atoms with E-state index in [0.717, 1.165) is 0 Å². The van der Waals surface area contributed by atoms with Gasteiger partial charge in [-0.05, 0) is 12.1 Å². The molecular formula is C11H15Cl2NO3S. The van der Waals surface area contributed by atoms with Crippen LogP contribution < -0.4 is 4.74 Å². The van der Waals surface area contributed by atoms with E-state index >= 15 is 0 Å². The second-order valence-electron chi connectivity index (χ2n) is 3.48. The topological polar surface area (TPSA) is 46.6 Å². The summed E-state index contributed by atoms with van der Waals surface area (Å²) in [4.78, 5) is 0.0306. The van der Waals surface area contributed by atoms with E-state index in [1.54, 1.807) is 13.8 Å². The van der Waals surface area contributed by atoms with Gasteiger partial charge in [0.05, 0.1) is 12.1 Å². The number of halogens is 2. The first kappa shape index (κ1) is 15.6. The van der Waals surface area contributed by atoms with Gasteiger partial charge >= 0.3 is 0 Å². The highest BCUT2D eigenvalue weighted by Gasteiger charge is 2.27. The molecule has 0 saturated carbocycles. The molecule has 0 aliphatic rings. The number of rotatable bonds is 5. The molecule has 0 spiro atoms. The SMILES string of the molecule is CCN(CC)S(=O)(=O)c1ccc(Cl)c(Cl)c1OC. The smallest absolute Gasteiger partial charge is 0.246 e. The molecule has 18 heavy (non-hydrogen) atoms. The molecule has 1 aromatic rings. The molecule has 7 heteroatoms. The van der Waals surface area contributed by atoms with Crippen molar-refractivity contribution < 1.29 is 13.2 Å². The van der Waals surface area contributed by atoms with E-state index in [1.807, 2.05) is 0 Å². The van der Waals surface area contributed by atoms with E-state index in [2.05, 4.69) is 0 Å². The highest BCUT2D eigenvalue weighted by atomic mass is 35.5. The van der Waals surface area contributed by atoms with Crippen LogP contribution in [0.4, 0.5) is 0 Å². The van der Waals surface area contributed by atoms with Crippen molar-refractivity contribution in [1.29, 1.82) is 0 Å². The maximum absolute atomic E-state index is 12.4. The van der Waals surface area contributed by atoms with Gasteiger partial charge < -0.3 is 4.74 Å². The third-order valence-corrected chi connectivity index (χ3v) is 5.40. The molecule has 102 valence electrons. The third kappa shape index (κ3) is 2.74. The van der Waals surface area contributed by atoms with Gasteiger partial charge in [0, 0.05) is 13.1 Å². The van der Waals surface area contributed by atoms with Crippen molar-refractivity contribution in [3.63, 3.8) is 0 Å². The maximum Gasteiger partial charge on any atom is 0.246 e. The van der Waals surface area contributed by atoms with E-state index in [0.29, 0.717) is 13.1 Å². The Morgan fingerprint density at radius 2 is 1.78 bits per heavy atom. The Bertz CT molecular complexity index is 527. The Hall–Kier alpha value is -0.490. The van der Waals surface area contributed by atoms with E-state index in [4.69, 9.17) is 27.9 Å². The quantitative estimate of drug-likeness (QED) is 0.839. The van der Waals surface area contributed by atoms with Crippen LogP contribution in [0, 0.1) is 0 Å². The Kier molecular flexibility index (Phi) is 5.28. The normalized spacial score (nSPS) is 11.9. The lowest BCUT2D eigenvalue weighted by atomic mass is 10.3. The van der Waals surface area contributed by atoms with Gasteiger partial charge in [-0.25, -0.2) is 8.42 Å². The summed E-state index contributed by atoms with van der Waals surface area (Å²) in [6.07, 6.45) is 0. The predicted octanol–water partition coefficient (Wildman–Crippen LogP) is 3.03. The number of hydrogen-bond acceptors (Lipinski definition) is 3. The Balaban J connectivity index is 3.46. The molecular weight excluding hydrogens is 297 g/mol. The second-order valence-corrected chi connectivity index (χ2v) is 6.17. The summed E-state index contributed by atoms with van der Waals surface area (Å²) in [5.41, 5.74) is 0. The van der Waals surface area contributed by atoms with Crippen molar-refractivity contribution in [3.8, 4) is 5.75 Å². The minimum Gasteiger partial charge on any atom is -0.494 e. The summed E-state index contributed by atoms with van der Waals surface area (Å²) < 4.78 is 31.2. The summed E-state index contributed by atoms with van der Waals surface area (Å²) in [5.74, 6) is 0.0797. The van der Waals surface area contributed by atoms with Crippen molar-refractivity contribution in [3.05, 3.63) is 22.2 Å². The van der Waals surface area contributed by atoms with E-state index in [1.165, 1.54) is 23.5 Å². The van der Waals surface area contributed by atoms with Crippen LogP contribution in [0.5, 0.6) is 5.75 Å². The molecule has 0 amide bonds. The average molecular weight is 312 g/mol. The highest BCUT2D eigenvalue weighted by molar-refractivity contribution is 7.89. The van der Waals surface area contributed by atoms with Crippen molar-refractivity contribution in [1.82, 2.24) is 4.31 Å². The minimum absolute atomic E-state index is 0.0306. The molecule has 0 saturated heterocycles. The minimum atomic E-state index is -3.62. The fourth-order valence-corrected chi connectivity index (χ4v) is 3.67. The molecule has 0 aliphatic carbocycles. The number of sulfonamides is 1. The van der Waals surface area contributed by atoms with Crippen molar-refractivity contribution in [2.45, 2.75) is 18.7 Å². The van der Waals surface area contributed by atoms with Crippen molar-refractivity contribution in [2.75, 3.05) is 20.2 Å². The van der Waals surface area contributed by atoms with Crippen LogP contribution in [-0.4, -0.2) is 32.9 Å². The number of nitrogens with zero attached hydrogens (tertiary/aromatic N) is 1. The summed E-state index contributed by atoms with van der Waals surface area (Å²) in [6, 6.07) is 2.85. The first-order valence-corrected chi connectivity index (χ1v) is 7.61. The monoisotopic (exact) mass is 311 g/mol. The van der Waals surface area contributed by atoms with Crippen LogP contribution in [0.15, 0.2) is 17.0 Å². The number of benzene rings is 1. The zero-order valence-corrected chi connectivity index (χ0v) is 12.7. The molecule has 0 unspecified atom stereocenters. The van der Waals surface area contributed by atoms with Gasteiger partial charge in [0.25, 0.3) is 0 Å². The fourth-order valence-electron chi connectivity index (χ4n) is 1.61. The molecule has 1 aromatic carbocycles. The zero-order valence-electron chi connectivity index (χ0n) is 10.4. The number of methoxy groups -OCH3 is 1. The Labute approximate surface area is 117 Å². The standard InChI is InChI=1S/C11H15Cl2NO3S/c1-4-14(5-2)18(15,16)9-7-6-8(12)10(13)11(9)17-3/h6-7H,4-5H2,1-3H3. The summed E-state index contributed by atoms with van der Waals surface area (Å²) >= 11 is 11.8. The molecule has 4 nitrogen and oxygen atoms in total. The maximum atomic E-state index is 12.4. The number of ether oxygens (including phenoxy) is 1. The van der Waals surface area contributed by atoms with Gasteiger partial charge in [-0.15, -0.1) is 0 Å². The molecule has 1 rings (SSSR count). The average Bonchev–Trinajstić information content (AvgIpc) is 2.33. The number of hydrogen-bond donors (Lipinski definition) is 0. The first-order chi connectivity index (χ1) is 8.39. The zero-order chi connectivity index (χ0) is 13.9. The molecule has 0 fully saturated rings. The van der Waals surface area contributed by atoms with Gasteiger partial charge in [0.2, 0.25) is 10.0 Å². The van der Waals surface area contributed by atoms with E-state index < -0.39 is 10.0 Å². The van der Waals surface area contributed by atoms with Gasteiger partial charge in [-0.3, -0.25) is 0 Å². The lowest BCUT2D eigenvalue weighted by Gasteiger charge is -2.20. The van der Waals surface area contributed by atoms with E-state index in [9.17, 15) is 8.42 Å². The third-order valence-electron chi connectivity index (χ3n) is 2.54. The second kappa shape index (κ2) is 6.10. The van der Waals surface area contributed by atoms with Crippen LogP contribution in [0.25, 0.3) is 0 Å².